The van der Waals surface area contributed by atoms with Gasteiger partial charge >= 0.3 is 0 Å². The van der Waals surface area contributed by atoms with E-state index in [9.17, 15) is 0 Å². The maximum atomic E-state index is 5.54. The minimum Gasteiger partial charge on any atom is -0.162 e. The summed E-state index contributed by atoms with van der Waals surface area (Å²) in [6, 6.07) is 9.44. The first-order valence-electron chi connectivity index (χ1n) is 4.18. The van der Waals surface area contributed by atoms with Gasteiger partial charge in [0.15, 0.2) is 0 Å². The van der Waals surface area contributed by atoms with Crippen LogP contribution >= 0.6 is 23.4 Å². The van der Waals surface area contributed by atoms with Gasteiger partial charge in [-0.1, -0.05) is 29.8 Å². The van der Waals surface area contributed by atoms with E-state index in [0.29, 0.717) is 0 Å². The molecule has 1 saturated heterocycles. The fourth-order valence-corrected chi connectivity index (χ4v) is 2.09. The summed E-state index contributed by atoms with van der Waals surface area (Å²) in [5, 5.41) is 0.794. The smallest absolute Gasteiger partial charge is 0.0405 e. The van der Waals surface area contributed by atoms with Crippen LogP contribution in [0, 0.1) is 0 Å². The Bertz CT molecular complexity index is 187. The van der Waals surface area contributed by atoms with Gasteiger partial charge < -0.3 is 0 Å². The van der Waals surface area contributed by atoms with Crippen molar-refractivity contribution in [2.45, 2.75) is 12.8 Å². The summed E-state index contributed by atoms with van der Waals surface area (Å²) in [4.78, 5) is 0. The molecule has 1 aromatic rings. The highest BCUT2D eigenvalue weighted by Crippen LogP contribution is 2.14. The van der Waals surface area contributed by atoms with E-state index in [1.54, 1.807) is 0 Å². The van der Waals surface area contributed by atoms with Gasteiger partial charge in [0.2, 0.25) is 0 Å². The Morgan fingerprint density at radius 3 is 1.83 bits per heavy atom. The average Bonchev–Trinajstić information content (AvgIpc) is 2.62. The zero-order chi connectivity index (χ0) is 8.65. The lowest BCUT2D eigenvalue weighted by Gasteiger charge is -1.80. The molecule has 2 rings (SSSR count). The Labute approximate surface area is 83.3 Å². The van der Waals surface area contributed by atoms with Gasteiger partial charge in [0.1, 0.15) is 0 Å². The van der Waals surface area contributed by atoms with E-state index in [-0.39, 0.29) is 0 Å². The first-order chi connectivity index (χ1) is 5.89. The minimum atomic E-state index is 0.794. The highest BCUT2D eigenvalue weighted by Gasteiger charge is 1.95. The molecule has 12 heavy (non-hydrogen) atoms. The quantitative estimate of drug-likeness (QED) is 0.613. The molecule has 0 aromatic heterocycles. The molecule has 0 spiro atoms. The fraction of sp³-hybridized carbons (Fsp3) is 0.400. The van der Waals surface area contributed by atoms with Crippen molar-refractivity contribution in [2.24, 2.45) is 0 Å². The molecule has 0 aliphatic carbocycles. The number of halogens is 1. The van der Waals surface area contributed by atoms with E-state index in [4.69, 9.17) is 11.6 Å². The van der Waals surface area contributed by atoms with E-state index >= 15 is 0 Å². The molecule has 66 valence electrons. The molecule has 1 aliphatic rings. The van der Waals surface area contributed by atoms with Crippen LogP contribution in [0.3, 0.4) is 0 Å². The highest BCUT2D eigenvalue weighted by molar-refractivity contribution is 7.99. The van der Waals surface area contributed by atoms with E-state index < -0.39 is 0 Å². The first kappa shape index (κ1) is 9.94. The predicted octanol–water partition coefficient (Wildman–Crippen LogP) is 3.85. The maximum Gasteiger partial charge on any atom is 0.0405 e. The highest BCUT2D eigenvalue weighted by atomic mass is 35.5. The van der Waals surface area contributed by atoms with Gasteiger partial charge in [-0.05, 0) is 36.5 Å². The van der Waals surface area contributed by atoms with Crippen LogP contribution in [0.1, 0.15) is 12.8 Å². The zero-order valence-corrected chi connectivity index (χ0v) is 8.57. The molecular formula is C10H13ClS. The molecule has 2 heteroatoms. The average molecular weight is 201 g/mol. The number of benzene rings is 1. The first-order valence-corrected chi connectivity index (χ1v) is 5.71. The third kappa shape index (κ3) is 4.68. The lowest BCUT2D eigenvalue weighted by atomic mass is 10.4. The molecule has 1 fully saturated rings. The van der Waals surface area contributed by atoms with Crippen LogP contribution in [0.2, 0.25) is 5.02 Å². The monoisotopic (exact) mass is 200 g/mol. The molecule has 0 bridgehead atoms. The summed E-state index contributed by atoms with van der Waals surface area (Å²) in [6.07, 6.45) is 2.93. The van der Waals surface area contributed by atoms with Crippen LogP contribution in [0.25, 0.3) is 0 Å². The summed E-state index contributed by atoms with van der Waals surface area (Å²) in [5.41, 5.74) is 0. The Morgan fingerprint density at radius 2 is 1.58 bits per heavy atom. The molecule has 0 saturated carbocycles. The summed E-state index contributed by atoms with van der Waals surface area (Å²) in [6.45, 7) is 0. The van der Waals surface area contributed by atoms with E-state index in [1.807, 2.05) is 30.3 Å². The molecule has 1 aliphatic heterocycles. The number of hydrogen-bond acceptors (Lipinski definition) is 1. The number of rotatable bonds is 0. The molecule has 0 unspecified atom stereocenters. The van der Waals surface area contributed by atoms with Crippen molar-refractivity contribution in [1.29, 1.82) is 0 Å². The van der Waals surface area contributed by atoms with E-state index in [0.717, 1.165) is 5.02 Å². The van der Waals surface area contributed by atoms with Gasteiger partial charge in [0.25, 0.3) is 0 Å². The Kier molecular flexibility index (Phi) is 5.29. The van der Waals surface area contributed by atoms with Crippen LogP contribution < -0.4 is 0 Å². The lowest BCUT2D eigenvalue weighted by Crippen LogP contribution is -1.58. The van der Waals surface area contributed by atoms with Gasteiger partial charge in [-0.2, -0.15) is 11.8 Å². The Morgan fingerprint density at radius 1 is 1.00 bits per heavy atom. The largest absolute Gasteiger partial charge is 0.162 e. The molecule has 0 nitrogen and oxygen atoms in total. The number of thioether (sulfide) groups is 1. The lowest BCUT2D eigenvalue weighted by molar-refractivity contribution is 0.949. The van der Waals surface area contributed by atoms with Crippen LogP contribution in [0.15, 0.2) is 30.3 Å². The van der Waals surface area contributed by atoms with Crippen molar-refractivity contribution in [2.75, 3.05) is 11.5 Å². The molecule has 0 amide bonds. The normalized spacial score (nSPS) is 15.1. The van der Waals surface area contributed by atoms with Crippen LogP contribution in [-0.4, -0.2) is 11.5 Å². The van der Waals surface area contributed by atoms with Crippen molar-refractivity contribution in [3.05, 3.63) is 35.4 Å². The van der Waals surface area contributed by atoms with Crippen LogP contribution in [-0.2, 0) is 0 Å². The third-order valence-electron chi connectivity index (χ3n) is 1.56. The second-order valence-electron chi connectivity index (χ2n) is 2.62. The molecule has 1 aromatic carbocycles. The zero-order valence-electron chi connectivity index (χ0n) is 7.00. The van der Waals surface area contributed by atoms with E-state index in [1.165, 1.54) is 24.3 Å². The minimum absolute atomic E-state index is 0.794. The Balaban J connectivity index is 0.000000127. The summed E-state index contributed by atoms with van der Waals surface area (Å²) < 4.78 is 0. The second kappa shape index (κ2) is 6.38. The second-order valence-corrected chi connectivity index (χ2v) is 4.28. The summed E-state index contributed by atoms with van der Waals surface area (Å²) in [5.74, 6) is 2.83. The van der Waals surface area contributed by atoms with Crippen molar-refractivity contribution in [3.63, 3.8) is 0 Å². The third-order valence-corrected chi connectivity index (χ3v) is 2.97. The molecular weight excluding hydrogens is 188 g/mol. The van der Waals surface area contributed by atoms with Crippen molar-refractivity contribution in [3.8, 4) is 0 Å². The van der Waals surface area contributed by atoms with Crippen LogP contribution in [0.4, 0.5) is 0 Å². The topological polar surface area (TPSA) is 0 Å². The van der Waals surface area contributed by atoms with Crippen LogP contribution in [0.5, 0.6) is 0 Å². The maximum absolute atomic E-state index is 5.54. The summed E-state index contributed by atoms with van der Waals surface area (Å²) in [7, 11) is 0. The van der Waals surface area contributed by atoms with Crippen molar-refractivity contribution >= 4 is 23.4 Å². The van der Waals surface area contributed by atoms with Crippen molar-refractivity contribution < 1.29 is 0 Å². The fourth-order valence-electron chi connectivity index (χ4n) is 0.925. The predicted molar refractivity (Wildman–Crippen MR) is 58.0 cm³/mol. The van der Waals surface area contributed by atoms with E-state index in [2.05, 4.69) is 11.8 Å². The SMILES string of the molecule is C1CCSC1.Clc1ccccc1. The van der Waals surface area contributed by atoms with Gasteiger partial charge in [-0.25, -0.2) is 0 Å². The Hall–Kier alpha value is -0.140. The number of hydrogen-bond donors (Lipinski definition) is 0. The molecule has 0 radical (unpaired) electrons. The van der Waals surface area contributed by atoms with Gasteiger partial charge in [-0.15, -0.1) is 0 Å². The molecule has 0 N–H and O–H groups in total. The molecule has 1 heterocycles. The van der Waals surface area contributed by atoms with Gasteiger partial charge in [0, 0.05) is 5.02 Å². The van der Waals surface area contributed by atoms with Gasteiger partial charge in [-0.3, -0.25) is 0 Å². The summed E-state index contributed by atoms with van der Waals surface area (Å²) >= 11 is 7.61. The van der Waals surface area contributed by atoms with Crippen molar-refractivity contribution in [1.82, 2.24) is 0 Å². The van der Waals surface area contributed by atoms with Gasteiger partial charge in [0.05, 0.1) is 0 Å². The molecule has 0 atom stereocenters. The standard InChI is InChI=1S/C6H5Cl.C4H8S/c7-6-4-2-1-3-5-6;1-2-4-5-3-1/h1-5H;1-4H2.